The first-order valence-corrected chi connectivity index (χ1v) is 9.91. The summed E-state index contributed by atoms with van der Waals surface area (Å²) in [7, 11) is 0. The molecule has 146 valence electrons. The summed E-state index contributed by atoms with van der Waals surface area (Å²) in [6.07, 6.45) is 4.50. The van der Waals surface area contributed by atoms with E-state index in [1.807, 2.05) is 4.57 Å². The van der Waals surface area contributed by atoms with Crippen molar-refractivity contribution < 1.29 is 9.13 Å². The zero-order chi connectivity index (χ0) is 19.4. The summed E-state index contributed by atoms with van der Waals surface area (Å²) >= 11 is 3.49. The minimum Gasteiger partial charge on any atom is -0.491 e. The van der Waals surface area contributed by atoms with Crippen LogP contribution in [0.25, 0.3) is 11.2 Å². The summed E-state index contributed by atoms with van der Waals surface area (Å²) in [5.41, 5.74) is 15.5. The molecule has 8 nitrogen and oxygen atoms in total. The van der Waals surface area contributed by atoms with Gasteiger partial charge in [-0.25, -0.2) is 19.3 Å². The summed E-state index contributed by atoms with van der Waals surface area (Å²) in [4.78, 5) is 14.8. The van der Waals surface area contributed by atoms with Crippen LogP contribution in [0.5, 0.6) is 5.75 Å². The molecule has 1 aromatic carbocycles. The number of imidazole rings is 1. The number of hydrogen-bond acceptors (Lipinski definition) is 7. The zero-order valence-corrected chi connectivity index (χ0v) is 16.6. The van der Waals surface area contributed by atoms with E-state index in [1.54, 1.807) is 6.33 Å². The van der Waals surface area contributed by atoms with Gasteiger partial charge in [0.1, 0.15) is 23.4 Å². The second-order valence-corrected chi connectivity index (χ2v) is 7.95. The maximum Gasteiger partial charge on any atom is 0.165 e. The summed E-state index contributed by atoms with van der Waals surface area (Å²) in [6.45, 7) is 2.36. The minimum atomic E-state index is -0.270. The summed E-state index contributed by atoms with van der Waals surface area (Å²) in [5.74, 6) is 0.675. The number of nitrogens with two attached hydrogens (primary N) is 2. The molecule has 5 rings (SSSR count). The van der Waals surface area contributed by atoms with Gasteiger partial charge in [-0.2, -0.15) is 0 Å². The predicted molar refractivity (Wildman–Crippen MR) is 107 cm³/mol. The molecule has 0 saturated carbocycles. The van der Waals surface area contributed by atoms with Crippen LogP contribution in [0.15, 0.2) is 17.1 Å². The van der Waals surface area contributed by atoms with Gasteiger partial charge in [-0.05, 0) is 22.4 Å². The van der Waals surface area contributed by atoms with Crippen LogP contribution in [0.1, 0.15) is 17.5 Å². The number of hydrogen-bond donors (Lipinski definition) is 2. The fourth-order valence-electron chi connectivity index (χ4n) is 4.04. The zero-order valence-electron chi connectivity index (χ0n) is 15.0. The van der Waals surface area contributed by atoms with E-state index in [2.05, 4.69) is 35.8 Å². The first-order chi connectivity index (χ1) is 13.5. The quantitative estimate of drug-likeness (QED) is 0.630. The molecular weight excluding hydrogens is 429 g/mol. The van der Waals surface area contributed by atoms with Crippen molar-refractivity contribution in [3.05, 3.63) is 34.1 Å². The van der Waals surface area contributed by atoms with Gasteiger partial charge in [0.2, 0.25) is 0 Å². The maximum atomic E-state index is 15.1. The molecule has 10 heteroatoms. The van der Waals surface area contributed by atoms with Gasteiger partial charge >= 0.3 is 0 Å². The van der Waals surface area contributed by atoms with Gasteiger partial charge < -0.3 is 25.7 Å². The number of benzene rings is 1. The Bertz CT molecular complexity index is 1090. The van der Waals surface area contributed by atoms with Gasteiger partial charge in [-0.1, -0.05) is 0 Å². The Balaban J connectivity index is 1.68. The highest BCUT2D eigenvalue weighted by atomic mass is 79.9. The van der Waals surface area contributed by atoms with Crippen molar-refractivity contribution in [3.8, 4) is 5.75 Å². The molecule has 0 aliphatic carbocycles. The molecule has 1 saturated heterocycles. The molecule has 0 spiro atoms. The van der Waals surface area contributed by atoms with Crippen molar-refractivity contribution in [1.29, 1.82) is 0 Å². The standard InChI is InChI=1S/C18H19BrFN7O/c19-12-11(6-27-8-25-14-17(22)23-7-24-18(14)27)15(26-3-1-9(21)5-26)16-10(13(12)20)2-4-28-16/h7-9H,1-6,21H2,(H2,22,23,24). The molecule has 4 heterocycles. The minimum absolute atomic E-state index is 0.0929. The first-order valence-electron chi connectivity index (χ1n) is 9.12. The number of halogens is 2. The smallest absolute Gasteiger partial charge is 0.165 e. The molecule has 3 aromatic rings. The lowest BCUT2D eigenvalue weighted by Crippen LogP contribution is -2.28. The van der Waals surface area contributed by atoms with Crippen molar-refractivity contribution in [2.24, 2.45) is 5.73 Å². The van der Waals surface area contributed by atoms with Gasteiger partial charge in [0.15, 0.2) is 11.5 Å². The molecule has 2 aliphatic heterocycles. The van der Waals surface area contributed by atoms with E-state index in [0.29, 0.717) is 58.9 Å². The SMILES string of the molecule is Nc1ncnc2c1ncn2Cc1c(Br)c(F)c2c(c1N1CCC(N)C1)OCC2. The van der Waals surface area contributed by atoms with E-state index >= 15 is 4.39 Å². The highest BCUT2D eigenvalue weighted by molar-refractivity contribution is 9.10. The average molecular weight is 448 g/mol. The number of aromatic nitrogens is 4. The summed E-state index contributed by atoms with van der Waals surface area (Å²) in [5, 5.41) is 0. The third kappa shape index (κ3) is 2.62. The Kier molecular flexibility index (Phi) is 4.13. The Labute approximate surface area is 168 Å². The number of ether oxygens (including phenoxy) is 1. The molecule has 1 atom stereocenters. The van der Waals surface area contributed by atoms with Crippen LogP contribution >= 0.6 is 15.9 Å². The molecular formula is C18H19BrFN7O. The van der Waals surface area contributed by atoms with Crippen LogP contribution in [0, 0.1) is 5.82 Å². The van der Waals surface area contributed by atoms with Crippen molar-refractivity contribution >= 4 is 38.6 Å². The molecule has 28 heavy (non-hydrogen) atoms. The third-order valence-corrected chi connectivity index (χ3v) is 6.22. The molecule has 0 radical (unpaired) electrons. The topological polar surface area (TPSA) is 108 Å². The van der Waals surface area contributed by atoms with Crippen LogP contribution < -0.4 is 21.1 Å². The number of nitrogen functional groups attached to an aromatic ring is 1. The second kappa shape index (κ2) is 6.56. The Hall–Kier alpha value is -2.46. The lowest BCUT2D eigenvalue weighted by Gasteiger charge is -2.26. The molecule has 0 bridgehead atoms. The van der Waals surface area contributed by atoms with E-state index in [-0.39, 0.29) is 11.9 Å². The Morgan fingerprint density at radius 1 is 1.32 bits per heavy atom. The van der Waals surface area contributed by atoms with Gasteiger partial charge in [0.25, 0.3) is 0 Å². The van der Waals surface area contributed by atoms with Gasteiger partial charge in [0, 0.05) is 36.7 Å². The van der Waals surface area contributed by atoms with Gasteiger partial charge in [-0.3, -0.25) is 0 Å². The maximum absolute atomic E-state index is 15.1. The van der Waals surface area contributed by atoms with Crippen molar-refractivity contribution in [3.63, 3.8) is 0 Å². The van der Waals surface area contributed by atoms with Crippen molar-refractivity contribution in [1.82, 2.24) is 19.5 Å². The number of anilines is 2. The van der Waals surface area contributed by atoms with E-state index in [0.717, 1.165) is 24.2 Å². The number of fused-ring (bicyclic) bond motifs is 2. The molecule has 1 unspecified atom stereocenters. The molecule has 4 N–H and O–H groups in total. The predicted octanol–water partition coefficient (Wildman–Crippen LogP) is 1.83. The highest BCUT2D eigenvalue weighted by Gasteiger charge is 2.33. The van der Waals surface area contributed by atoms with E-state index < -0.39 is 0 Å². The monoisotopic (exact) mass is 447 g/mol. The third-order valence-electron chi connectivity index (χ3n) is 5.40. The van der Waals surface area contributed by atoms with E-state index in [9.17, 15) is 0 Å². The summed E-state index contributed by atoms with van der Waals surface area (Å²) in [6, 6.07) is 0.0929. The number of nitrogens with zero attached hydrogens (tertiary/aromatic N) is 5. The average Bonchev–Trinajstić information content (AvgIpc) is 3.41. The molecule has 0 amide bonds. The largest absolute Gasteiger partial charge is 0.491 e. The second-order valence-electron chi connectivity index (χ2n) is 7.16. The normalized spacial score (nSPS) is 18.7. The molecule has 2 aliphatic rings. The molecule has 1 fully saturated rings. The lowest BCUT2D eigenvalue weighted by atomic mass is 10.0. The van der Waals surface area contributed by atoms with Crippen molar-refractivity contribution in [2.45, 2.75) is 25.4 Å². The number of rotatable bonds is 3. The van der Waals surface area contributed by atoms with E-state index in [1.165, 1.54) is 6.33 Å². The van der Waals surface area contributed by atoms with Gasteiger partial charge in [-0.15, -0.1) is 0 Å². The Morgan fingerprint density at radius 3 is 2.96 bits per heavy atom. The van der Waals surface area contributed by atoms with Crippen LogP contribution in [-0.2, 0) is 13.0 Å². The lowest BCUT2D eigenvalue weighted by molar-refractivity contribution is 0.356. The van der Waals surface area contributed by atoms with Crippen LogP contribution in [0.2, 0.25) is 0 Å². The van der Waals surface area contributed by atoms with Gasteiger partial charge in [0.05, 0.1) is 29.6 Å². The Morgan fingerprint density at radius 2 is 2.18 bits per heavy atom. The first kappa shape index (κ1) is 17.6. The highest BCUT2D eigenvalue weighted by Crippen LogP contribution is 2.46. The van der Waals surface area contributed by atoms with Crippen LogP contribution in [-0.4, -0.2) is 45.3 Å². The van der Waals surface area contributed by atoms with E-state index in [4.69, 9.17) is 16.2 Å². The van der Waals surface area contributed by atoms with Crippen LogP contribution in [0.3, 0.4) is 0 Å². The van der Waals surface area contributed by atoms with Crippen molar-refractivity contribution in [2.75, 3.05) is 30.3 Å². The fourth-order valence-corrected chi connectivity index (χ4v) is 4.59. The fraction of sp³-hybridized carbons (Fsp3) is 0.389. The molecule has 2 aromatic heterocycles. The van der Waals surface area contributed by atoms with Crippen LogP contribution in [0.4, 0.5) is 15.9 Å². The summed E-state index contributed by atoms with van der Waals surface area (Å²) < 4.78 is 23.2.